The molecule has 3 fully saturated rings. The second-order valence-electron chi connectivity index (χ2n) is 11.3. The second kappa shape index (κ2) is 11.5. The number of hydrogen-bond acceptors (Lipinski definition) is 6. The number of anilines is 1. The van der Waals surface area contributed by atoms with Crippen molar-refractivity contribution in [3.05, 3.63) is 18.0 Å². The molecule has 1 aromatic heterocycles. The molecule has 0 radical (unpaired) electrons. The highest BCUT2D eigenvalue weighted by Gasteiger charge is 2.37. The largest absolute Gasteiger partial charge is 0.333 e. The molecule has 0 spiro atoms. The third-order valence-electron chi connectivity index (χ3n) is 9.05. The van der Waals surface area contributed by atoms with Crippen LogP contribution in [0.2, 0.25) is 0 Å². The van der Waals surface area contributed by atoms with E-state index < -0.39 is 0 Å². The van der Waals surface area contributed by atoms with E-state index in [1.807, 2.05) is 0 Å². The van der Waals surface area contributed by atoms with Crippen molar-refractivity contribution in [3.63, 3.8) is 0 Å². The molecule has 190 valence electrons. The van der Waals surface area contributed by atoms with Gasteiger partial charge in [-0.3, -0.25) is 9.69 Å². The van der Waals surface area contributed by atoms with Crippen molar-refractivity contribution in [3.8, 4) is 0 Å². The first-order chi connectivity index (χ1) is 16.4. The molecule has 6 heteroatoms. The molecule has 2 saturated heterocycles. The summed E-state index contributed by atoms with van der Waals surface area (Å²) in [5.74, 6) is 2.81. The van der Waals surface area contributed by atoms with Crippen LogP contribution in [0.3, 0.4) is 0 Å². The fraction of sp³-hybridized carbons (Fsp3) is 0.821. The van der Waals surface area contributed by atoms with Crippen LogP contribution in [-0.2, 0) is 4.79 Å². The molecule has 3 aliphatic rings. The Morgan fingerprint density at radius 1 is 1.09 bits per heavy atom. The molecule has 1 aliphatic carbocycles. The lowest BCUT2D eigenvalue weighted by molar-refractivity contribution is -0.124. The highest BCUT2D eigenvalue weighted by Crippen LogP contribution is 2.38. The van der Waals surface area contributed by atoms with Crippen LogP contribution < -0.4 is 4.90 Å². The molecular formula is C28H47N5O. The van der Waals surface area contributed by atoms with Crippen molar-refractivity contribution >= 4 is 11.7 Å². The Hall–Kier alpha value is -1.53. The number of likely N-dealkylation sites (tertiary alicyclic amines) is 1. The topological polar surface area (TPSA) is 52.6 Å². The number of carbonyl (C=O) groups excluding carboxylic acids is 1. The molecule has 2 aliphatic heterocycles. The number of aromatic nitrogens is 2. The van der Waals surface area contributed by atoms with Crippen molar-refractivity contribution in [2.75, 3.05) is 37.6 Å². The summed E-state index contributed by atoms with van der Waals surface area (Å²) in [6.45, 7) is 16.7. The van der Waals surface area contributed by atoms with E-state index in [4.69, 9.17) is 9.97 Å². The number of piperidine rings is 1. The number of nitrogens with zero attached hydrogens (tertiary/aromatic N) is 5. The van der Waals surface area contributed by atoms with E-state index in [2.05, 4.69) is 61.7 Å². The van der Waals surface area contributed by atoms with E-state index in [1.54, 1.807) is 0 Å². The third-order valence-corrected chi connectivity index (χ3v) is 9.05. The van der Waals surface area contributed by atoms with Crippen molar-refractivity contribution in [1.29, 1.82) is 0 Å². The van der Waals surface area contributed by atoms with Crippen molar-refractivity contribution in [2.24, 2.45) is 11.8 Å². The lowest BCUT2D eigenvalue weighted by Gasteiger charge is -2.46. The summed E-state index contributed by atoms with van der Waals surface area (Å²) in [7, 11) is 0. The third kappa shape index (κ3) is 5.64. The number of Topliss-reactive ketones (excluding diaryl/α,β-unsaturated/α-hetero) is 1. The molecule has 6 nitrogen and oxygen atoms in total. The summed E-state index contributed by atoms with van der Waals surface area (Å²) < 4.78 is 0. The van der Waals surface area contributed by atoms with Gasteiger partial charge < -0.3 is 9.80 Å². The smallest absolute Gasteiger partial charge is 0.225 e. The summed E-state index contributed by atoms with van der Waals surface area (Å²) in [6.07, 6.45) is 11.9. The van der Waals surface area contributed by atoms with Gasteiger partial charge in [0.1, 0.15) is 5.78 Å². The summed E-state index contributed by atoms with van der Waals surface area (Å²) in [5.41, 5.74) is 1.31. The van der Waals surface area contributed by atoms with E-state index in [0.717, 1.165) is 57.9 Å². The van der Waals surface area contributed by atoms with Gasteiger partial charge >= 0.3 is 0 Å². The Balaban J connectivity index is 1.26. The van der Waals surface area contributed by atoms with Gasteiger partial charge in [0.05, 0.1) is 0 Å². The van der Waals surface area contributed by atoms with E-state index in [9.17, 15) is 4.79 Å². The fourth-order valence-electron chi connectivity index (χ4n) is 6.38. The van der Waals surface area contributed by atoms with E-state index in [0.29, 0.717) is 35.7 Å². The van der Waals surface area contributed by atoms with Crippen molar-refractivity contribution < 1.29 is 4.79 Å². The molecule has 4 rings (SSSR count). The van der Waals surface area contributed by atoms with E-state index >= 15 is 0 Å². The van der Waals surface area contributed by atoms with Crippen LogP contribution in [-0.4, -0.2) is 76.4 Å². The average Bonchev–Trinajstić information content (AvgIpc) is 2.85. The molecule has 1 aromatic rings. The highest BCUT2D eigenvalue weighted by atomic mass is 16.1. The maximum absolute atomic E-state index is 12.2. The molecule has 3 heterocycles. The van der Waals surface area contributed by atoms with Gasteiger partial charge in [-0.15, -0.1) is 0 Å². The Kier molecular flexibility index (Phi) is 8.62. The van der Waals surface area contributed by atoms with Gasteiger partial charge in [0.15, 0.2) is 0 Å². The maximum atomic E-state index is 12.2. The SMILES string of the molecule is CCC(C)C(=O)CC1CC(N2CCC(c3cnc(N4C(C)CN(CC)CC4CC)nc3)CC2)C1. The molecule has 34 heavy (non-hydrogen) atoms. The Morgan fingerprint density at radius 2 is 1.76 bits per heavy atom. The normalized spacial score (nSPS) is 30.2. The number of piperazine rings is 1. The first kappa shape index (κ1) is 25.6. The predicted octanol–water partition coefficient (Wildman–Crippen LogP) is 4.75. The number of likely N-dealkylation sites (N-methyl/N-ethyl adjacent to an activating group) is 1. The van der Waals surface area contributed by atoms with Gasteiger partial charge in [0.25, 0.3) is 0 Å². The van der Waals surface area contributed by atoms with Gasteiger partial charge in [-0.25, -0.2) is 9.97 Å². The number of ketones is 1. The number of hydrogen-bond donors (Lipinski definition) is 0. The lowest BCUT2D eigenvalue weighted by atomic mass is 9.74. The van der Waals surface area contributed by atoms with Crippen LogP contribution in [0.25, 0.3) is 0 Å². The van der Waals surface area contributed by atoms with Gasteiger partial charge in [0, 0.05) is 55.9 Å². The molecule has 3 atom stereocenters. The molecule has 0 aromatic carbocycles. The monoisotopic (exact) mass is 469 g/mol. The van der Waals surface area contributed by atoms with Gasteiger partial charge in [-0.2, -0.15) is 0 Å². The summed E-state index contributed by atoms with van der Waals surface area (Å²) in [6, 6.07) is 1.63. The highest BCUT2D eigenvalue weighted by molar-refractivity contribution is 5.80. The van der Waals surface area contributed by atoms with Crippen molar-refractivity contribution in [1.82, 2.24) is 19.8 Å². The minimum absolute atomic E-state index is 0.237. The van der Waals surface area contributed by atoms with Crippen molar-refractivity contribution in [2.45, 2.75) is 104 Å². The molecule has 0 amide bonds. The molecular weight excluding hydrogens is 422 g/mol. The van der Waals surface area contributed by atoms with E-state index in [1.165, 1.54) is 31.2 Å². The van der Waals surface area contributed by atoms with Gasteiger partial charge in [0.2, 0.25) is 5.95 Å². The molecule has 0 bridgehead atoms. The molecule has 0 N–H and O–H groups in total. The van der Waals surface area contributed by atoms with Crippen LogP contribution >= 0.6 is 0 Å². The fourth-order valence-corrected chi connectivity index (χ4v) is 6.38. The quantitative estimate of drug-likeness (QED) is 0.520. The summed E-state index contributed by atoms with van der Waals surface area (Å²) in [5, 5.41) is 0. The predicted molar refractivity (Wildman–Crippen MR) is 139 cm³/mol. The number of rotatable bonds is 9. The first-order valence-electron chi connectivity index (χ1n) is 14.0. The Labute approximate surface area is 207 Å². The zero-order chi connectivity index (χ0) is 24.2. The average molecular weight is 470 g/mol. The minimum Gasteiger partial charge on any atom is -0.333 e. The van der Waals surface area contributed by atoms with Crippen LogP contribution in [0.1, 0.15) is 91.0 Å². The molecule has 3 unspecified atom stereocenters. The number of carbonyl (C=O) groups is 1. The maximum Gasteiger partial charge on any atom is 0.225 e. The van der Waals surface area contributed by atoms with Crippen LogP contribution in [0, 0.1) is 11.8 Å². The summed E-state index contributed by atoms with van der Waals surface area (Å²) >= 11 is 0. The molecule has 1 saturated carbocycles. The standard InChI is InChI=1S/C28H47N5O/c1-6-20(4)27(34)15-22-13-26(14-22)32-11-9-23(10-12-32)24-16-29-28(30-17-24)33-21(5)18-31(8-3)19-25(33)7-2/h16-17,20-23,25-26H,6-15,18-19H2,1-5H3. The lowest BCUT2D eigenvalue weighted by Crippen LogP contribution is -2.58. The Morgan fingerprint density at radius 3 is 2.35 bits per heavy atom. The van der Waals surface area contributed by atoms with Gasteiger partial charge in [-0.1, -0.05) is 27.7 Å². The summed E-state index contributed by atoms with van der Waals surface area (Å²) in [4.78, 5) is 29.7. The second-order valence-corrected chi connectivity index (χ2v) is 11.3. The van der Waals surface area contributed by atoms with Gasteiger partial charge in [-0.05, 0) is 82.5 Å². The van der Waals surface area contributed by atoms with Crippen LogP contribution in [0.4, 0.5) is 5.95 Å². The zero-order valence-corrected chi connectivity index (χ0v) is 22.2. The van der Waals surface area contributed by atoms with E-state index in [-0.39, 0.29) is 5.92 Å². The Bertz CT molecular complexity index is 784. The minimum atomic E-state index is 0.237. The van der Waals surface area contributed by atoms with Crippen LogP contribution in [0.5, 0.6) is 0 Å². The zero-order valence-electron chi connectivity index (χ0n) is 22.2. The first-order valence-corrected chi connectivity index (χ1v) is 14.0. The van der Waals surface area contributed by atoms with Crippen LogP contribution in [0.15, 0.2) is 12.4 Å².